The lowest BCUT2D eigenvalue weighted by Crippen LogP contribution is -2.19. The maximum absolute atomic E-state index is 12.4. The Kier molecular flexibility index (Phi) is 3.81. The van der Waals surface area contributed by atoms with Crippen molar-refractivity contribution in [2.75, 3.05) is 12.4 Å². The number of benzene rings is 2. The lowest BCUT2D eigenvalue weighted by Gasteiger charge is -2.02. The van der Waals surface area contributed by atoms with E-state index in [1.165, 1.54) is 11.3 Å². The highest BCUT2D eigenvalue weighted by molar-refractivity contribution is 7.22. The molecule has 1 N–H and O–H groups in total. The van der Waals surface area contributed by atoms with Crippen molar-refractivity contribution < 1.29 is 9.53 Å². The maximum Gasteiger partial charge on any atom is 0.247 e. The minimum atomic E-state index is -0.202. The molecule has 126 valence electrons. The lowest BCUT2D eigenvalue weighted by atomic mass is 10.2. The molecule has 2 aromatic carbocycles. The zero-order valence-electron chi connectivity index (χ0n) is 13.7. The van der Waals surface area contributed by atoms with E-state index in [1.54, 1.807) is 11.8 Å². The Balaban J connectivity index is 1.58. The molecule has 2 heterocycles. The number of carbonyl (C=O) groups is 1. The Morgan fingerprint density at radius 2 is 2.12 bits per heavy atom. The molecule has 0 aliphatic carbocycles. The van der Waals surface area contributed by atoms with E-state index in [2.05, 4.69) is 20.6 Å². The number of thiazole rings is 1. The van der Waals surface area contributed by atoms with Crippen molar-refractivity contribution in [3.63, 3.8) is 0 Å². The summed E-state index contributed by atoms with van der Waals surface area (Å²) in [5, 5.41) is 11.5. The van der Waals surface area contributed by atoms with Crippen LogP contribution in [0.1, 0.15) is 5.56 Å². The molecule has 0 unspecified atom stereocenters. The number of nitrogens with one attached hydrogen (secondary N) is 1. The third-order valence-corrected chi connectivity index (χ3v) is 4.99. The molecular formula is C17H15N5O2S. The number of fused-ring (bicyclic) bond motifs is 2. The molecule has 4 aromatic rings. The molecule has 0 fully saturated rings. The van der Waals surface area contributed by atoms with Crippen molar-refractivity contribution >= 4 is 43.6 Å². The predicted octanol–water partition coefficient (Wildman–Crippen LogP) is 3.00. The van der Waals surface area contributed by atoms with Crippen LogP contribution in [0.25, 0.3) is 21.3 Å². The first-order valence-electron chi connectivity index (χ1n) is 7.68. The normalized spacial score (nSPS) is 11.1. The summed E-state index contributed by atoms with van der Waals surface area (Å²) < 4.78 is 7.92. The van der Waals surface area contributed by atoms with Crippen molar-refractivity contribution in [3.8, 4) is 5.75 Å². The number of carbonyl (C=O) groups excluding carboxylic acids is 1. The van der Waals surface area contributed by atoms with Crippen molar-refractivity contribution in [2.45, 2.75) is 13.5 Å². The summed E-state index contributed by atoms with van der Waals surface area (Å²) in [6, 6.07) is 11.4. The SMILES string of the molecule is COc1ccc(C)c2sc(NC(=O)Cn3nnc4ccccc43)nc12. The van der Waals surface area contributed by atoms with Gasteiger partial charge in [0.05, 0.1) is 17.3 Å². The van der Waals surface area contributed by atoms with Gasteiger partial charge in [0, 0.05) is 0 Å². The summed E-state index contributed by atoms with van der Waals surface area (Å²) in [4.78, 5) is 16.9. The van der Waals surface area contributed by atoms with Crippen LogP contribution in [0.15, 0.2) is 36.4 Å². The van der Waals surface area contributed by atoms with Gasteiger partial charge in [-0.1, -0.05) is 34.7 Å². The minimum absolute atomic E-state index is 0.0759. The largest absolute Gasteiger partial charge is 0.494 e. The Morgan fingerprint density at radius 1 is 1.28 bits per heavy atom. The fourth-order valence-electron chi connectivity index (χ4n) is 2.66. The monoisotopic (exact) mass is 353 g/mol. The van der Waals surface area contributed by atoms with Gasteiger partial charge in [0.1, 0.15) is 23.3 Å². The van der Waals surface area contributed by atoms with Gasteiger partial charge < -0.3 is 10.1 Å². The van der Waals surface area contributed by atoms with E-state index in [1.807, 2.05) is 43.3 Å². The molecule has 25 heavy (non-hydrogen) atoms. The second-order valence-electron chi connectivity index (χ2n) is 5.57. The van der Waals surface area contributed by atoms with E-state index < -0.39 is 0 Å². The summed E-state index contributed by atoms with van der Waals surface area (Å²) in [6.45, 7) is 2.08. The lowest BCUT2D eigenvalue weighted by molar-refractivity contribution is -0.116. The van der Waals surface area contributed by atoms with E-state index in [-0.39, 0.29) is 12.5 Å². The fourth-order valence-corrected chi connectivity index (χ4v) is 3.62. The standard InChI is InChI=1S/C17H15N5O2S/c1-10-7-8-13(24-2)15-16(10)25-17(19-15)18-14(23)9-22-12-6-4-3-5-11(12)20-21-22/h3-8H,9H2,1-2H3,(H,18,19,23). The van der Waals surface area contributed by atoms with Gasteiger partial charge in [0.25, 0.3) is 0 Å². The van der Waals surface area contributed by atoms with Gasteiger partial charge in [0.15, 0.2) is 5.13 Å². The molecule has 8 heteroatoms. The molecule has 7 nitrogen and oxygen atoms in total. The molecule has 0 spiro atoms. The zero-order valence-corrected chi connectivity index (χ0v) is 14.5. The molecule has 0 saturated carbocycles. The number of para-hydroxylation sites is 1. The van der Waals surface area contributed by atoms with E-state index in [4.69, 9.17) is 4.74 Å². The predicted molar refractivity (Wildman–Crippen MR) is 97.1 cm³/mol. The quantitative estimate of drug-likeness (QED) is 0.610. The van der Waals surface area contributed by atoms with Crippen LogP contribution in [0.2, 0.25) is 0 Å². The maximum atomic E-state index is 12.4. The summed E-state index contributed by atoms with van der Waals surface area (Å²) >= 11 is 1.43. The molecule has 0 aliphatic rings. The van der Waals surface area contributed by atoms with E-state index in [9.17, 15) is 4.79 Å². The Bertz CT molecular complexity index is 1090. The number of hydrogen-bond acceptors (Lipinski definition) is 6. The fraction of sp³-hybridized carbons (Fsp3) is 0.176. The van der Waals surface area contributed by atoms with E-state index in [0.29, 0.717) is 10.9 Å². The van der Waals surface area contributed by atoms with Crippen LogP contribution in [0.3, 0.4) is 0 Å². The Morgan fingerprint density at radius 3 is 2.96 bits per heavy atom. The van der Waals surface area contributed by atoms with Crippen molar-refractivity contribution in [2.24, 2.45) is 0 Å². The summed E-state index contributed by atoms with van der Waals surface area (Å²) in [5.74, 6) is 0.492. The van der Waals surface area contributed by atoms with Crippen LogP contribution in [0.5, 0.6) is 5.75 Å². The van der Waals surface area contributed by atoms with Gasteiger partial charge in [-0.15, -0.1) is 5.10 Å². The number of nitrogens with zero attached hydrogens (tertiary/aromatic N) is 4. The van der Waals surface area contributed by atoms with Crippen LogP contribution in [0, 0.1) is 6.92 Å². The van der Waals surface area contributed by atoms with Gasteiger partial charge in [-0.2, -0.15) is 0 Å². The first-order chi connectivity index (χ1) is 12.2. The zero-order chi connectivity index (χ0) is 17.4. The van der Waals surface area contributed by atoms with Crippen LogP contribution in [0.4, 0.5) is 5.13 Å². The second kappa shape index (κ2) is 6.14. The molecule has 1 amide bonds. The van der Waals surface area contributed by atoms with Crippen LogP contribution >= 0.6 is 11.3 Å². The highest BCUT2D eigenvalue weighted by atomic mass is 32.1. The van der Waals surface area contributed by atoms with E-state index >= 15 is 0 Å². The van der Waals surface area contributed by atoms with Crippen LogP contribution in [-0.2, 0) is 11.3 Å². The number of rotatable bonds is 4. The third-order valence-electron chi connectivity index (χ3n) is 3.88. The minimum Gasteiger partial charge on any atom is -0.494 e. The average molecular weight is 353 g/mol. The Hall–Kier alpha value is -3.00. The van der Waals surface area contributed by atoms with Gasteiger partial charge in [-0.25, -0.2) is 9.67 Å². The number of hydrogen-bond donors (Lipinski definition) is 1. The van der Waals surface area contributed by atoms with Gasteiger partial charge in [-0.05, 0) is 30.7 Å². The van der Waals surface area contributed by atoms with Crippen molar-refractivity contribution in [3.05, 3.63) is 42.0 Å². The van der Waals surface area contributed by atoms with Gasteiger partial charge in [0.2, 0.25) is 5.91 Å². The van der Waals surface area contributed by atoms with Gasteiger partial charge in [-0.3, -0.25) is 4.79 Å². The highest BCUT2D eigenvalue weighted by Gasteiger charge is 2.14. The Labute approximate surface area is 147 Å². The molecule has 4 rings (SSSR count). The van der Waals surface area contributed by atoms with Crippen molar-refractivity contribution in [1.82, 2.24) is 20.0 Å². The molecule has 2 aromatic heterocycles. The third kappa shape index (κ3) is 2.80. The topological polar surface area (TPSA) is 81.9 Å². The molecule has 0 saturated heterocycles. The number of aryl methyl sites for hydroxylation is 1. The van der Waals surface area contributed by atoms with E-state index in [0.717, 1.165) is 26.8 Å². The molecule has 0 aliphatic heterocycles. The summed E-state index contributed by atoms with van der Waals surface area (Å²) in [6.07, 6.45) is 0. The molecule has 0 radical (unpaired) electrons. The first-order valence-corrected chi connectivity index (χ1v) is 8.49. The number of amides is 1. The second-order valence-corrected chi connectivity index (χ2v) is 6.56. The number of methoxy groups -OCH3 is 1. The van der Waals surface area contributed by atoms with Crippen LogP contribution < -0.4 is 10.1 Å². The molecular weight excluding hydrogens is 338 g/mol. The molecule has 0 atom stereocenters. The van der Waals surface area contributed by atoms with Crippen molar-refractivity contribution in [1.29, 1.82) is 0 Å². The average Bonchev–Trinajstić information content (AvgIpc) is 3.20. The summed E-state index contributed by atoms with van der Waals surface area (Å²) in [7, 11) is 1.61. The summed E-state index contributed by atoms with van der Waals surface area (Å²) in [5.41, 5.74) is 3.43. The van der Waals surface area contributed by atoms with Gasteiger partial charge >= 0.3 is 0 Å². The smallest absolute Gasteiger partial charge is 0.247 e. The first kappa shape index (κ1) is 15.5. The number of ether oxygens (including phenoxy) is 1. The number of anilines is 1. The number of aromatic nitrogens is 4. The highest BCUT2D eigenvalue weighted by Crippen LogP contribution is 2.34. The molecule has 0 bridgehead atoms. The van der Waals surface area contributed by atoms with Crippen LogP contribution in [-0.4, -0.2) is 33.0 Å².